The summed E-state index contributed by atoms with van der Waals surface area (Å²) < 4.78 is 19.3. The van der Waals surface area contributed by atoms with Crippen molar-refractivity contribution in [3.8, 4) is 0 Å². The molecule has 5 nitrogen and oxygen atoms in total. The Labute approximate surface area is 143 Å². The molecule has 2 aliphatic rings. The summed E-state index contributed by atoms with van der Waals surface area (Å²) in [7, 11) is 1.26. The lowest BCUT2D eigenvalue weighted by atomic mass is 9.94. The standard InChI is InChI=1S/C17H17FN2O3S/c1-4-12-15(21)20-14(10-7-5-6-8-11(10)18)13(16(22)23-3)9(2)19-17(20)24-12/h5-8,12,14H,4H2,1-3H3/t12-,14+/m0/s1. The fourth-order valence-electron chi connectivity index (χ4n) is 2.95. The van der Waals surface area contributed by atoms with Crippen LogP contribution >= 0.6 is 11.8 Å². The molecule has 2 heterocycles. The number of nitrogens with zero attached hydrogens (tertiary/aromatic N) is 2. The quantitative estimate of drug-likeness (QED) is 0.788. The zero-order valence-electron chi connectivity index (χ0n) is 13.6. The maximum Gasteiger partial charge on any atom is 0.338 e. The Hall–Kier alpha value is -2.15. The number of benzene rings is 1. The summed E-state index contributed by atoms with van der Waals surface area (Å²) in [6.45, 7) is 3.59. The van der Waals surface area contributed by atoms with E-state index >= 15 is 0 Å². The third-order valence-corrected chi connectivity index (χ3v) is 5.45. The minimum Gasteiger partial charge on any atom is -0.466 e. The third-order valence-electron chi connectivity index (χ3n) is 4.13. The third kappa shape index (κ3) is 2.53. The Kier molecular flexibility index (Phi) is 4.45. The van der Waals surface area contributed by atoms with E-state index in [4.69, 9.17) is 4.74 Å². The Balaban J connectivity index is 2.20. The fraction of sp³-hybridized carbons (Fsp3) is 0.353. The molecule has 0 N–H and O–H groups in total. The lowest BCUT2D eigenvalue weighted by Gasteiger charge is -2.33. The van der Waals surface area contributed by atoms with Crippen LogP contribution in [0.1, 0.15) is 31.9 Å². The van der Waals surface area contributed by atoms with Crippen molar-refractivity contribution in [3.05, 3.63) is 46.9 Å². The molecule has 0 spiro atoms. The van der Waals surface area contributed by atoms with Gasteiger partial charge < -0.3 is 4.74 Å². The molecule has 0 aliphatic carbocycles. The van der Waals surface area contributed by atoms with Crippen molar-refractivity contribution in [1.82, 2.24) is 4.90 Å². The van der Waals surface area contributed by atoms with Gasteiger partial charge in [-0.2, -0.15) is 0 Å². The second-order valence-corrected chi connectivity index (χ2v) is 6.70. The van der Waals surface area contributed by atoms with Gasteiger partial charge in [0.15, 0.2) is 5.17 Å². The predicted molar refractivity (Wildman–Crippen MR) is 89.8 cm³/mol. The van der Waals surface area contributed by atoms with Crippen molar-refractivity contribution < 1.29 is 18.7 Å². The number of esters is 1. The number of thioether (sulfide) groups is 1. The average Bonchev–Trinajstić information content (AvgIpc) is 2.89. The summed E-state index contributed by atoms with van der Waals surface area (Å²) in [5.74, 6) is -1.25. The van der Waals surface area contributed by atoms with Crippen molar-refractivity contribution >= 4 is 28.8 Å². The van der Waals surface area contributed by atoms with E-state index in [0.717, 1.165) is 0 Å². The van der Waals surface area contributed by atoms with Crippen LogP contribution in [-0.2, 0) is 14.3 Å². The number of amides is 1. The second-order valence-electron chi connectivity index (χ2n) is 5.53. The first-order chi connectivity index (χ1) is 11.5. The van der Waals surface area contributed by atoms with E-state index in [9.17, 15) is 14.0 Å². The monoisotopic (exact) mass is 348 g/mol. The number of halogens is 1. The average molecular weight is 348 g/mol. The van der Waals surface area contributed by atoms with E-state index in [-0.39, 0.29) is 22.3 Å². The van der Waals surface area contributed by atoms with Gasteiger partial charge in [-0.3, -0.25) is 9.69 Å². The number of allylic oxidation sites excluding steroid dienone is 1. The number of ether oxygens (including phenoxy) is 1. The zero-order chi connectivity index (χ0) is 17.4. The smallest absolute Gasteiger partial charge is 0.338 e. The van der Waals surface area contributed by atoms with E-state index in [1.165, 1.54) is 29.8 Å². The molecule has 0 bridgehead atoms. The highest BCUT2D eigenvalue weighted by Gasteiger charge is 2.47. The topological polar surface area (TPSA) is 59.0 Å². The van der Waals surface area contributed by atoms with Crippen molar-refractivity contribution in [3.63, 3.8) is 0 Å². The first kappa shape index (κ1) is 16.7. The SMILES string of the molecule is CC[C@@H]1SC2=NC(C)=C(C(=O)OC)[C@@H](c3ccccc3F)N2C1=O. The molecular formula is C17H17FN2O3S. The second kappa shape index (κ2) is 6.39. The van der Waals surface area contributed by atoms with Gasteiger partial charge in [0.2, 0.25) is 5.91 Å². The van der Waals surface area contributed by atoms with Gasteiger partial charge in [-0.15, -0.1) is 0 Å². The molecule has 1 aromatic rings. The van der Waals surface area contributed by atoms with Crippen LogP contribution < -0.4 is 0 Å². The van der Waals surface area contributed by atoms with Gasteiger partial charge in [0.1, 0.15) is 11.9 Å². The summed E-state index contributed by atoms with van der Waals surface area (Å²) in [5.41, 5.74) is 0.894. The normalized spacial score (nSPS) is 23.2. The number of hydrogen-bond acceptors (Lipinski definition) is 5. The molecule has 1 amide bonds. The number of hydrogen-bond donors (Lipinski definition) is 0. The number of carbonyl (C=O) groups is 2. The maximum absolute atomic E-state index is 14.4. The van der Waals surface area contributed by atoms with E-state index in [1.807, 2.05) is 6.92 Å². The maximum atomic E-state index is 14.4. The number of rotatable bonds is 3. The van der Waals surface area contributed by atoms with Crippen molar-refractivity contribution in [2.24, 2.45) is 4.99 Å². The molecule has 1 fully saturated rings. The molecule has 1 saturated heterocycles. The molecule has 2 atom stereocenters. The van der Waals surface area contributed by atoms with Crippen LogP contribution in [0.3, 0.4) is 0 Å². The van der Waals surface area contributed by atoms with Gasteiger partial charge >= 0.3 is 5.97 Å². The van der Waals surface area contributed by atoms with Gasteiger partial charge in [-0.1, -0.05) is 36.9 Å². The van der Waals surface area contributed by atoms with Gasteiger partial charge in [0.05, 0.1) is 23.6 Å². The number of carbonyl (C=O) groups excluding carboxylic acids is 2. The summed E-state index contributed by atoms with van der Waals surface area (Å²) in [6, 6.07) is 5.29. The van der Waals surface area contributed by atoms with E-state index < -0.39 is 17.8 Å². The Morgan fingerprint density at radius 2 is 2.12 bits per heavy atom. The van der Waals surface area contributed by atoms with Crippen molar-refractivity contribution in [1.29, 1.82) is 0 Å². The highest BCUT2D eigenvalue weighted by Crippen LogP contribution is 2.44. The van der Waals surface area contributed by atoms with Gasteiger partial charge in [0.25, 0.3) is 0 Å². The molecule has 0 unspecified atom stereocenters. The molecule has 7 heteroatoms. The Bertz CT molecular complexity index is 775. The van der Waals surface area contributed by atoms with E-state index in [0.29, 0.717) is 17.3 Å². The Morgan fingerprint density at radius 1 is 1.42 bits per heavy atom. The molecule has 126 valence electrons. The van der Waals surface area contributed by atoms with Crippen molar-refractivity contribution in [2.75, 3.05) is 7.11 Å². The van der Waals surface area contributed by atoms with Crippen LogP contribution in [0, 0.1) is 5.82 Å². The van der Waals surface area contributed by atoms with Crippen molar-refractivity contribution in [2.45, 2.75) is 31.6 Å². The van der Waals surface area contributed by atoms with Crippen LogP contribution in [0.15, 0.2) is 40.5 Å². The van der Waals surface area contributed by atoms with Gasteiger partial charge in [-0.25, -0.2) is 14.2 Å². The van der Waals surface area contributed by atoms with E-state index in [2.05, 4.69) is 4.99 Å². The fourth-order valence-corrected chi connectivity index (χ4v) is 4.09. The van der Waals surface area contributed by atoms with Gasteiger partial charge in [0, 0.05) is 5.56 Å². The lowest BCUT2D eigenvalue weighted by Crippen LogP contribution is -2.41. The first-order valence-corrected chi connectivity index (χ1v) is 8.49. The van der Waals surface area contributed by atoms with Crippen LogP contribution in [0.4, 0.5) is 4.39 Å². The van der Waals surface area contributed by atoms with Crippen LogP contribution in [0.2, 0.25) is 0 Å². The molecule has 0 radical (unpaired) electrons. The molecule has 24 heavy (non-hydrogen) atoms. The first-order valence-electron chi connectivity index (χ1n) is 7.61. The molecule has 0 aromatic heterocycles. The summed E-state index contributed by atoms with van der Waals surface area (Å²) in [6.07, 6.45) is 0.635. The van der Waals surface area contributed by atoms with Crippen LogP contribution in [-0.4, -0.2) is 34.3 Å². The molecular weight excluding hydrogens is 331 g/mol. The van der Waals surface area contributed by atoms with Gasteiger partial charge in [-0.05, 0) is 19.4 Å². The molecule has 0 saturated carbocycles. The predicted octanol–water partition coefficient (Wildman–Crippen LogP) is 3.04. The molecule has 1 aromatic carbocycles. The highest BCUT2D eigenvalue weighted by atomic mass is 32.2. The van der Waals surface area contributed by atoms with Crippen LogP contribution in [0.5, 0.6) is 0 Å². The zero-order valence-corrected chi connectivity index (χ0v) is 14.4. The largest absolute Gasteiger partial charge is 0.466 e. The minimum absolute atomic E-state index is 0.164. The summed E-state index contributed by atoms with van der Waals surface area (Å²) >= 11 is 1.35. The summed E-state index contributed by atoms with van der Waals surface area (Å²) in [4.78, 5) is 30.9. The van der Waals surface area contributed by atoms with Crippen LogP contribution in [0.25, 0.3) is 0 Å². The lowest BCUT2D eigenvalue weighted by molar-refractivity contribution is -0.137. The molecule has 3 rings (SSSR count). The number of methoxy groups -OCH3 is 1. The van der Waals surface area contributed by atoms with E-state index in [1.54, 1.807) is 25.1 Å². The highest BCUT2D eigenvalue weighted by molar-refractivity contribution is 8.15. The summed E-state index contributed by atoms with van der Waals surface area (Å²) in [5, 5.41) is 0.230. The molecule has 2 aliphatic heterocycles. The number of aliphatic imine (C=N–C) groups is 1. The number of fused-ring (bicyclic) bond motifs is 1. The minimum atomic E-state index is -0.859. The number of amidine groups is 1. The Morgan fingerprint density at radius 3 is 2.75 bits per heavy atom.